The Labute approximate surface area is 157 Å². The van der Waals surface area contributed by atoms with Crippen LogP contribution in [0.3, 0.4) is 0 Å². The number of anilines is 1. The highest BCUT2D eigenvalue weighted by atomic mass is 35.5. The Bertz CT molecular complexity index is 993. The molecule has 1 aliphatic rings. The van der Waals surface area contributed by atoms with Gasteiger partial charge in [-0.05, 0) is 56.5 Å². The summed E-state index contributed by atoms with van der Waals surface area (Å²) >= 11 is 6.19. The van der Waals surface area contributed by atoms with Crippen LogP contribution >= 0.6 is 11.6 Å². The van der Waals surface area contributed by atoms with Crippen molar-refractivity contribution in [2.24, 2.45) is 0 Å². The van der Waals surface area contributed by atoms with Crippen LogP contribution < -0.4 is 4.90 Å². The Balaban J connectivity index is 1.66. The number of aryl methyl sites for hydroxylation is 2. The van der Waals surface area contributed by atoms with E-state index in [1.165, 1.54) is 18.4 Å². The van der Waals surface area contributed by atoms with Crippen LogP contribution in [0.2, 0.25) is 5.15 Å². The van der Waals surface area contributed by atoms with Gasteiger partial charge < -0.3 is 4.90 Å². The predicted molar refractivity (Wildman–Crippen MR) is 106 cm³/mol. The minimum atomic E-state index is 0.457. The van der Waals surface area contributed by atoms with Gasteiger partial charge in [0.15, 0.2) is 5.82 Å². The molecule has 0 unspecified atom stereocenters. The first kappa shape index (κ1) is 16.9. The van der Waals surface area contributed by atoms with Crippen LogP contribution in [0, 0.1) is 13.8 Å². The van der Waals surface area contributed by atoms with Crippen LogP contribution in [-0.4, -0.2) is 33.0 Å². The van der Waals surface area contributed by atoms with E-state index in [4.69, 9.17) is 16.6 Å². The van der Waals surface area contributed by atoms with E-state index in [0.29, 0.717) is 11.0 Å². The second-order valence-electron chi connectivity index (χ2n) is 6.62. The zero-order valence-electron chi connectivity index (χ0n) is 14.9. The maximum atomic E-state index is 6.19. The first-order chi connectivity index (χ1) is 12.6. The highest BCUT2D eigenvalue weighted by Crippen LogP contribution is 2.22. The lowest BCUT2D eigenvalue weighted by atomic mass is 10.2. The van der Waals surface area contributed by atoms with Crippen LogP contribution in [0.25, 0.3) is 23.2 Å². The van der Waals surface area contributed by atoms with E-state index >= 15 is 0 Å². The lowest BCUT2D eigenvalue weighted by Gasteiger charge is -2.16. The van der Waals surface area contributed by atoms with Crippen molar-refractivity contribution >= 4 is 40.6 Å². The number of halogens is 1. The van der Waals surface area contributed by atoms with Crippen molar-refractivity contribution in [3.05, 3.63) is 52.2 Å². The Morgan fingerprint density at radius 2 is 1.73 bits per heavy atom. The van der Waals surface area contributed by atoms with Crippen molar-refractivity contribution in [2.45, 2.75) is 26.7 Å². The summed E-state index contributed by atoms with van der Waals surface area (Å²) in [6.45, 7) is 6.05. The molecule has 1 fully saturated rings. The van der Waals surface area contributed by atoms with E-state index in [9.17, 15) is 0 Å². The summed E-state index contributed by atoms with van der Waals surface area (Å²) in [7, 11) is 0. The summed E-state index contributed by atoms with van der Waals surface area (Å²) in [5, 5.41) is 0.457. The summed E-state index contributed by atoms with van der Waals surface area (Å²) in [6, 6.07) is 7.91. The number of hydrogen-bond donors (Lipinski definition) is 0. The third kappa shape index (κ3) is 3.53. The van der Waals surface area contributed by atoms with Gasteiger partial charge in [0.25, 0.3) is 0 Å². The fourth-order valence-corrected chi connectivity index (χ4v) is 3.37. The molecule has 3 heterocycles. The molecule has 0 saturated carbocycles. The van der Waals surface area contributed by atoms with Crippen molar-refractivity contribution in [1.29, 1.82) is 0 Å². The first-order valence-corrected chi connectivity index (χ1v) is 9.19. The quantitative estimate of drug-likeness (QED) is 0.641. The second-order valence-corrected chi connectivity index (χ2v) is 7.01. The predicted octanol–water partition coefficient (Wildman–Crippen LogP) is 4.46. The van der Waals surface area contributed by atoms with E-state index in [0.717, 1.165) is 41.3 Å². The minimum Gasteiger partial charge on any atom is -0.356 e. The maximum absolute atomic E-state index is 6.19. The highest BCUT2D eigenvalue weighted by molar-refractivity contribution is 6.29. The zero-order chi connectivity index (χ0) is 18.1. The van der Waals surface area contributed by atoms with Gasteiger partial charge in [-0.3, -0.25) is 0 Å². The number of fused-ring (bicyclic) bond motifs is 1. The summed E-state index contributed by atoms with van der Waals surface area (Å²) in [6.07, 6.45) is 6.14. The van der Waals surface area contributed by atoms with Crippen molar-refractivity contribution in [1.82, 2.24) is 19.9 Å². The summed E-state index contributed by atoms with van der Waals surface area (Å²) in [4.78, 5) is 20.6. The number of nitrogens with zero attached hydrogens (tertiary/aromatic N) is 5. The van der Waals surface area contributed by atoms with Gasteiger partial charge in [-0.15, -0.1) is 0 Å². The molecule has 0 amide bonds. The minimum absolute atomic E-state index is 0.457. The lowest BCUT2D eigenvalue weighted by molar-refractivity contribution is 0.923. The van der Waals surface area contributed by atoms with Gasteiger partial charge in [0.2, 0.25) is 0 Å². The molecule has 1 aromatic carbocycles. The van der Waals surface area contributed by atoms with Gasteiger partial charge >= 0.3 is 0 Å². The Kier molecular flexibility index (Phi) is 4.55. The van der Waals surface area contributed by atoms with Crippen molar-refractivity contribution in [2.75, 3.05) is 18.0 Å². The maximum Gasteiger partial charge on any atom is 0.156 e. The highest BCUT2D eigenvalue weighted by Gasteiger charge is 2.15. The molecule has 1 aliphatic heterocycles. The molecule has 0 aliphatic carbocycles. The SMILES string of the molecule is Cc1ccc2nc(/C=C/c3nc(Cl)cc(N4CCCC4)n3)c(C)nc2c1. The van der Waals surface area contributed by atoms with Crippen molar-refractivity contribution in [3.63, 3.8) is 0 Å². The molecule has 132 valence electrons. The van der Waals surface area contributed by atoms with Gasteiger partial charge in [0.05, 0.1) is 22.4 Å². The fraction of sp³-hybridized carbons (Fsp3) is 0.300. The summed E-state index contributed by atoms with van der Waals surface area (Å²) in [5.41, 5.74) is 4.66. The van der Waals surface area contributed by atoms with Crippen molar-refractivity contribution in [3.8, 4) is 0 Å². The molecule has 26 heavy (non-hydrogen) atoms. The third-order valence-electron chi connectivity index (χ3n) is 4.55. The topological polar surface area (TPSA) is 54.8 Å². The average molecular weight is 366 g/mol. The van der Waals surface area contributed by atoms with Gasteiger partial charge in [0, 0.05) is 19.2 Å². The first-order valence-electron chi connectivity index (χ1n) is 8.81. The molecule has 6 heteroatoms. The summed E-state index contributed by atoms with van der Waals surface area (Å²) < 4.78 is 0. The number of benzene rings is 1. The van der Waals surface area contributed by atoms with Gasteiger partial charge in [-0.25, -0.2) is 19.9 Å². The molecule has 0 radical (unpaired) electrons. The number of rotatable bonds is 3. The molecular weight excluding hydrogens is 346 g/mol. The average Bonchev–Trinajstić information content (AvgIpc) is 3.14. The van der Waals surface area contributed by atoms with Crippen LogP contribution in [0.15, 0.2) is 24.3 Å². The van der Waals surface area contributed by atoms with E-state index < -0.39 is 0 Å². The van der Waals surface area contributed by atoms with Gasteiger partial charge in [-0.1, -0.05) is 17.7 Å². The normalized spacial score (nSPS) is 14.7. The second kappa shape index (κ2) is 7.00. The molecular formula is C20H20ClN5. The molecule has 0 bridgehead atoms. The van der Waals surface area contributed by atoms with E-state index in [1.807, 2.05) is 43.3 Å². The van der Waals surface area contributed by atoms with Gasteiger partial charge in [-0.2, -0.15) is 0 Å². The summed E-state index contributed by atoms with van der Waals surface area (Å²) in [5.74, 6) is 1.48. The molecule has 4 rings (SSSR count). The Hall–Kier alpha value is -2.53. The largest absolute Gasteiger partial charge is 0.356 e. The van der Waals surface area contributed by atoms with Crippen LogP contribution in [-0.2, 0) is 0 Å². The molecule has 0 atom stereocenters. The molecule has 1 saturated heterocycles. The molecule has 0 spiro atoms. The Morgan fingerprint density at radius 3 is 2.54 bits per heavy atom. The number of hydrogen-bond acceptors (Lipinski definition) is 5. The third-order valence-corrected chi connectivity index (χ3v) is 4.74. The zero-order valence-corrected chi connectivity index (χ0v) is 15.7. The van der Waals surface area contributed by atoms with Crippen LogP contribution in [0.5, 0.6) is 0 Å². The molecule has 0 N–H and O–H groups in total. The molecule has 5 nitrogen and oxygen atoms in total. The van der Waals surface area contributed by atoms with E-state index in [2.05, 4.69) is 26.8 Å². The standard InChI is InChI=1S/C20H20ClN5/c1-13-5-6-16-17(11-13)22-14(2)15(23-16)7-8-19-24-18(21)12-20(25-19)26-9-3-4-10-26/h5-8,11-12H,3-4,9-10H2,1-2H3/b8-7+. The van der Waals surface area contributed by atoms with Crippen LogP contribution in [0.4, 0.5) is 5.82 Å². The fourth-order valence-electron chi connectivity index (χ4n) is 3.18. The smallest absolute Gasteiger partial charge is 0.156 e. The molecule has 2 aromatic heterocycles. The van der Waals surface area contributed by atoms with Crippen molar-refractivity contribution < 1.29 is 0 Å². The lowest BCUT2D eigenvalue weighted by Crippen LogP contribution is -2.19. The van der Waals surface area contributed by atoms with Gasteiger partial charge in [0.1, 0.15) is 11.0 Å². The van der Waals surface area contributed by atoms with E-state index in [1.54, 1.807) is 0 Å². The van der Waals surface area contributed by atoms with E-state index in [-0.39, 0.29) is 0 Å². The molecule has 3 aromatic rings. The monoisotopic (exact) mass is 365 g/mol. The number of aromatic nitrogens is 4. The Morgan fingerprint density at radius 1 is 0.923 bits per heavy atom. The van der Waals surface area contributed by atoms with Crippen LogP contribution in [0.1, 0.15) is 35.6 Å².